The van der Waals surface area contributed by atoms with Crippen LogP contribution in [0.2, 0.25) is 0 Å². The topological polar surface area (TPSA) is 64.8 Å². The molecular weight excluding hydrogens is 344 g/mol. The van der Waals surface area contributed by atoms with Crippen LogP contribution in [0.4, 0.5) is 0 Å². The SMILES string of the molecule is COc1cccc2c1C1(CCN(C(=O)Cc3c(C)noc3C)CC1)OCC2. The molecule has 0 radical (unpaired) electrons. The number of fused-ring (bicyclic) bond motifs is 2. The lowest BCUT2D eigenvalue weighted by atomic mass is 9.78. The average molecular weight is 370 g/mol. The van der Waals surface area contributed by atoms with Gasteiger partial charge in [0.15, 0.2) is 0 Å². The molecule has 1 spiro atoms. The maximum Gasteiger partial charge on any atom is 0.227 e. The minimum Gasteiger partial charge on any atom is -0.496 e. The fourth-order valence-corrected chi connectivity index (χ4v) is 4.43. The van der Waals surface area contributed by atoms with Gasteiger partial charge in [0.25, 0.3) is 0 Å². The summed E-state index contributed by atoms with van der Waals surface area (Å²) in [7, 11) is 1.71. The van der Waals surface area contributed by atoms with E-state index in [9.17, 15) is 4.79 Å². The van der Waals surface area contributed by atoms with Crippen molar-refractivity contribution in [3.8, 4) is 5.75 Å². The van der Waals surface area contributed by atoms with Crippen LogP contribution < -0.4 is 4.74 Å². The molecule has 0 saturated carbocycles. The maximum atomic E-state index is 12.8. The van der Waals surface area contributed by atoms with Gasteiger partial charge in [-0.2, -0.15) is 0 Å². The number of piperidine rings is 1. The van der Waals surface area contributed by atoms with Crippen molar-refractivity contribution in [2.24, 2.45) is 0 Å². The highest BCUT2D eigenvalue weighted by Crippen LogP contribution is 2.45. The molecule has 1 saturated heterocycles. The van der Waals surface area contributed by atoms with Crippen LogP contribution >= 0.6 is 0 Å². The van der Waals surface area contributed by atoms with E-state index in [4.69, 9.17) is 14.0 Å². The molecule has 144 valence electrons. The highest BCUT2D eigenvalue weighted by atomic mass is 16.5. The number of methoxy groups -OCH3 is 1. The van der Waals surface area contributed by atoms with Crippen molar-refractivity contribution in [3.05, 3.63) is 46.3 Å². The van der Waals surface area contributed by atoms with Crippen molar-refractivity contribution in [1.82, 2.24) is 10.1 Å². The maximum absolute atomic E-state index is 12.8. The van der Waals surface area contributed by atoms with Crippen molar-refractivity contribution < 1.29 is 18.8 Å². The second-order valence-corrected chi connectivity index (χ2v) is 7.45. The lowest BCUT2D eigenvalue weighted by Gasteiger charge is -2.45. The van der Waals surface area contributed by atoms with Gasteiger partial charge in [-0.3, -0.25) is 4.79 Å². The van der Waals surface area contributed by atoms with Crippen LogP contribution in [0.25, 0.3) is 0 Å². The Hall–Kier alpha value is -2.34. The second kappa shape index (κ2) is 7.00. The van der Waals surface area contributed by atoms with Gasteiger partial charge in [-0.05, 0) is 44.7 Å². The highest BCUT2D eigenvalue weighted by molar-refractivity contribution is 5.79. The number of rotatable bonds is 3. The Morgan fingerprint density at radius 2 is 2.07 bits per heavy atom. The molecule has 0 N–H and O–H groups in total. The van der Waals surface area contributed by atoms with Crippen molar-refractivity contribution in [3.63, 3.8) is 0 Å². The molecule has 4 rings (SSSR count). The molecule has 0 unspecified atom stereocenters. The lowest BCUT2D eigenvalue weighted by molar-refractivity contribution is -0.140. The summed E-state index contributed by atoms with van der Waals surface area (Å²) in [4.78, 5) is 14.7. The average Bonchev–Trinajstić information content (AvgIpc) is 3.00. The van der Waals surface area contributed by atoms with Crippen molar-refractivity contribution >= 4 is 5.91 Å². The van der Waals surface area contributed by atoms with E-state index in [0.717, 1.165) is 42.0 Å². The van der Waals surface area contributed by atoms with Gasteiger partial charge >= 0.3 is 0 Å². The second-order valence-electron chi connectivity index (χ2n) is 7.45. The van der Waals surface area contributed by atoms with Crippen LogP contribution in [0, 0.1) is 13.8 Å². The van der Waals surface area contributed by atoms with Gasteiger partial charge in [0.2, 0.25) is 5.91 Å². The summed E-state index contributed by atoms with van der Waals surface area (Å²) < 4.78 is 17.1. The van der Waals surface area contributed by atoms with Gasteiger partial charge in [-0.1, -0.05) is 17.3 Å². The first-order chi connectivity index (χ1) is 13.0. The molecule has 1 aromatic heterocycles. The Labute approximate surface area is 159 Å². The van der Waals surface area contributed by atoms with E-state index >= 15 is 0 Å². The molecule has 2 aliphatic heterocycles. The molecule has 0 aliphatic carbocycles. The van der Waals surface area contributed by atoms with Gasteiger partial charge in [-0.15, -0.1) is 0 Å². The summed E-state index contributed by atoms with van der Waals surface area (Å²) in [5.74, 6) is 1.74. The Kier molecular flexibility index (Phi) is 4.68. The molecule has 2 aromatic rings. The Balaban J connectivity index is 1.51. The molecule has 1 amide bonds. The molecular formula is C21H26N2O4. The van der Waals surface area contributed by atoms with E-state index in [2.05, 4.69) is 11.2 Å². The van der Waals surface area contributed by atoms with Crippen LogP contribution in [0.1, 0.15) is 41.0 Å². The largest absolute Gasteiger partial charge is 0.496 e. The molecule has 0 atom stereocenters. The number of ether oxygens (including phenoxy) is 2. The van der Waals surface area contributed by atoms with Crippen LogP contribution in [0.15, 0.2) is 22.7 Å². The fourth-order valence-electron chi connectivity index (χ4n) is 4.43. The van der Waals surface area contributed by atoms with Gasteiger partial charge in [-0.25, -0.2) is 0 Å². The highest BCUT2D eigenvalue weighted by Gasteiger charge is 2.43. The summed E-state index contributed by atoms with van der Waals surface area (Å²) in [5, 5.41) is 3.95. The zero-order valence-electron chi connectivity index (χ0n) is 16.2. The zero-order chi connectivity index (χ0) is 19.0. The zero-order valence-corrected chi connectivity index (χ0v) is 16.2. The monoisotopic (exact) mass is 370 g/mol. The van der Waals surface area contributed by atoms with Crippen LogP contribution in [-0.2, 0) is 28.0 Å². The van der Waals surface area contributed by atoms with Crippen molar-refractivity contribution in [2.45, 2.75) is 45.1 Å². The fraction of sp³-hybridized carbons (Fsp3) is 0.524. The van der Waals surface area contributed by atoms with Crippen LogP contribution in [0.3, 0.4) is 0 Å². The first kappa shape index (κ1) is 18.0. The van der Waals surface area contributed by atoms with Gasteiger partial charge in [0.05, 0.1) is 25.8 Å². The molecule has 1 aromatic carbocycles. The summed E-state index contributed by atoms with van der Waals surface area (Å²) in [6.45, 7) is 5.81. The van der Waals surface area contributed by atoms with Crippen LogP contribution in [0.5, 0.6) is 5.75 Å². The number of aryl methyl sites for hydroxylation is 2. The number of nitrogens with zero attached hydrogens (tertiary/aromatic N) is 2. The van der Waals surface area contributed by atoms with Crippen molar-refractivity contribution in [2.75, 3.05) is 26.8 Å². The van der Waals surface area contributed by atoms with Gasteiger partial charge in [0, 0.05) is 24.2 Å². The van der Waals surface area contributed by atoms with E-state index < -0.39 is 0 Å². The number of likely N-dealkylation sites (tertiary alicyclic amines) is 1. The predicted octanol–water partition coefficient (Wildman–Crippen LogP) is 2.93. The lowest BCUT2D eigenvalue weighted by Crippen LogP contribution is -2.48. The first-order valence-corrected chi connectivity index (χ1v) is 9.54. The van der Waals surface area contributed by atoms with E-state index in [0.29, 0.717) is 26.1 Å². The normalized spacial score (nSPS) is 18.4. The molecule has 0 bridgehead atoms. The summed E-state index contributed by atoms with van der Waals surface area (Å²) >= 11 is 0. The Morgan fingerprint density at radius 1 is 1.30 bits per heavy atom. The van der Waals surface area contributed by atoms with Crippen LogP contribution in [-0.4, -0.2) is 42.8 Å². The third kappa shape index (κ3) is 3.12. The van der Waals surface area contributed by atoms with E-state index in [1.165, 1.54) is 11.1 Å². The molecule has 1 fully saturated rings. The standard InChI is InChI=1S/C21H26N2O4/c1-14-17(15(2)27-22-14)13-19(24)23-10-8-21(9-11-23)20-16(7-12-26-21)5-4-6-18(20)25-3/h4-6H,7-13H2,1-3H3. The molecule has 27 heavy (non-hydrogen) atoms. The smallest absolute Gasteiger partial charge is 0.227 e. The Morgan fingerprint density at radius 3 is 2.74 bits per heavy atom. The van der Waals surface area contributed by atoms with Gasteiger partial charge < -0.3 is 18.9 Å². The van der Waals surface area contributed by atoms with Crippen molar-refractivity contribution in [1.29, 1.82) is 0 Å². The number of carbonyl (C=O) groups is 1. The summed E-state index contributed by atoms with van der Waals surface area (Å²) in [6, 6.07) is 6.21. The number of aromatic nitrogens is 1. The summed E-state index contributed by atoms with van der Waals surface area (Å²) in [6.07, 6.45) is 2.82. The minimum absolute atomic E-state index is 0.121. The third-order valence-corrected chi connectivity index (χ3v) is 5.97. The van der Waals surface area contributed by atoms with E-state index in [1.807, 2.05) is 30.9 Å². The third-order valence-electron chi connectivity index (χ3n) is 5.97. The number of hydrogen-bond acceptors (Lipinski definition) is 5. The number of benzene rings is 1. The molecule has 3 heterocycles. The number of carbonyl (C=O) groups excluding carboxylic acids is 1. The Bertz CT molecular complexity index is 816. The number of amides is 1. The quantitative estimate of drug-likeness (QED) is 0.831. The minimum atomic E-state index is -0.347. The molecule has 6 heteroatoms. The van der Waals surface area contributed by atoms with E-state index in [1.54, 1.807) is 7.11 Å². The van der Waals surface area contributed by atoms with Gasteiger partial charge in [0.1, 0.15) is 17.1 Å². The molecule has 2 aliphatic rings. The first-order valence-electron chi connectivity index (χ1n) is 9.54. The number of hydrogen-bond donors (Lipinski definition) is 0. The van der Waals surface area contributed by atoms with E-state index in [-0.39, 0.29) is 11.5 Å². The summed E-state index contributed by atoms with van der Waals surface area (Å²) in [5.41, 5.74) is 3.83. The predicted molar refractivity (Wildman–Crippen MR) is 99.8 cm³/mol. The molecule has 6 nitrogen and oxygen atoms in total.